The predicted molar refractivity (Wildman–Crippen MR) is 94.9 cm³/mol. The smallest absolute Gasteiger partial charge is 0.250 e. The van der Waals surface area contributed by atoms with Crippen molar-refractivity contribution in [3.63, 3.8) is 0 Å². The molecule has 1 fully saturated rings. The Morgan fingerprint density at radius 1 is 1.20 bits per heavy atom. The van der Waals surface area contributed by atoms with E-state index in [0.717, 1.165) is 12.8 Å². The van der Waals surface area contributed by atoms with Crippen LogP contribution in [0.4, 0.5) is 5.69 Å². The molecule has 0 unspecified atom stereocenters. The number of rotatable bonds is 8. The van der Waals surface area contributed by atoms with Gasteiger partial charge in [-0.15, -0.1) is 0 Å². The first-order chi connectivity index (χ1) is 11.9. The number of nitrogens with one attached hydrogen (secondary N) is 1. The molecule has 1 N–H and O–H groups in total. The minimum Gasteiger partial charge on any atom is -0.382 e. The van der Waals surface area contributed by atoms with Crippen LogP contribution in [0, 0.1) is 5.92 Å². The highest BCUT2D eigenvalue weighted by molar-refractivity contribution is 7.89. The number of ether oxygens (including phenoxy) is 2. The maximum Gasteiger partial charge on any atom is 0.250 e. The van der Waals surface area contributed by atoms with E-state index in [-0.39, 0.29) is 17.4 Å². The number of benzene rings is 1. The van der Waals surface area contributed by atoms with Gasteiger partial charge in [0.25, 0.3) is 0 Å². The molecule has 140 valence electrons. The molecule has 0 radical (unpaired) electrons. The van der Waals surface area contributed by atoms with Crippen LogP contribution in [0.15, 0.2) is 29.2 Å². The van der Waals surface area contributed by atoms with E-state index in [1.807, 2.05) is 0 Å². The van der Waals surface area contributed by atoms with Gasteiger partial charge in [-0.3, -0.25) is 4.79 Å². The van der Waals surface area contributed by atoms with Crippen molar-refractivity contribution < 1.29 is 22.7 Å². The lowest BCUT2D eigenvalue weighted by molar-refractivity contribution is -0.121. The number of hydrogen-bond donors (Lipinski definition) is 1. The second kappa shape index (κ2) is 9.28. The molecule has 8 heteroatoms. The zero-order valence-electron chi connectivity index (χ0n) is 14.7. The highest BCUT2D eigenvalue weighted by Gasteiger charge is 2.27. The number of carbonyl (C=O) groups is 1. The molecule has 0 aliphatic carbocycles. The van der Waals surface area contributed by atoms with Crippen LogP contribution in [0.25, 0.3) is 0 Å². The van der Waals surface area contributed by atoms with Crippen LogP contribution in [0.3, 0.4) is 0 Å². The number of carbonyl (C=O) groups excluding carboxylic acids is 1. The summed E-state index contributed by atoms with van der Waals surface area (Å²) in [5.41, 5.74) is 0.534. The van der Waals surface area contributed by atoms with Crippen LogP contribution in [0.5, 0.6) is 0 Å². The van der Waals surface area contributed by atoms with Gasteiger partial charge in [0, 0.05) is 25.9 Å². The fourth-order valence-corrected chi connectivity index (χ4v) is 4.06. The molecule has 0 atom stereocenters. The summed E-state index contributed by atoms with van der Waals surface area (Å²) in [5.74, 6) is 0.270. The molecule has 2 rings (SSSR count). The molecule has 25 heavy (non-hydrogen) atoms. The first-order valence-corrected chi connectivity index (χ1v) is 9.84. The van der Waals surface area contributed by atoms with Crippen molar-refractivity contribution in [2.45, 2.75) is 24.7 Å². The normalized spacial score (nSPS) is 16.7. The molecule has 1 aliphatic rings. The zero-order valence-corrected chi connectivity index (χ0v) is 15.5. The Bertz CT molecular complexity index is 652. The third kappa shape index (κ3) is 5.78. The first-order valence-electron chi connectivity index (χ1n) is 8.40. The van der Waals surface area contributed by atoms with Crippen LogP contribution >= 0.6 is 0 Å². The molecular formula is C17H26N2O5S. The van der Waals surface area contributed by atoms with E-state index in [9.17, 15) is 13.2 Å². The van der Waals surface area contributed by atoms with E-state index in [2.05, 4.69) is 12.2 Å². The average molecular weight is 370 g/mol. The predicted octanol–water partition coefficient (Wildman–Crippen LogP) is 1.71. The Hall–Kier alpha value is -1.48. The molecule has 7 nitrogen and oxygen atoms in total. The third-order valence-corrected chi connectivity index (χ3v) is 6.10. The summed E-state index contributed by atoms with van der Waals surface area (Å²) >= 11 is 0. The van der Waals surface area contributed by atoms with E-state index in [1.165, 1.54) is 16.4 Å². The largest absolute Gasteiger partial charge is 0.382 e. The Balaban J connectivity index is 1.91. The Labute approximate surface area is 149 Å². The van der Waals surface area contributed by atoms with E-state index in [1.54, 1.807) is 19.2 Å². The summed E-state index contributed by atoms with van der Waals surface area (Å²) in [4.78, 5) is 12.0. The van der Waals surface area contributed by atoms with Crippen molar-refractivity contribution in [3.8, 4) is 0 Å². The molecule has 1 aromatic carbocycles. The molecule has 0 saturated carbocycles. The van der Waals surface area contributed by atoms with Crippen LogP contribution < -0.4 is 5.32 Å². The first kappa shape index (κ1) is 19.8. The molecule has 1 saturated heterocycles. The van der Waals surface area contributed by atoms with Gasteiger partial charge in [-0.1, -0.05) is 6.92 Å². The quantitative estimate of drug-likeness (QED) is 0.704. The monoisotopic (exact) mass is 370 g/mol. The Morgan fingerprint density at radius 3 is 2.44 bits per heavy atom. The lowest BCUT2D eigenvalue weighted by Crippen LogP contribution is -2.37. The van der Waals surface area contributed by atoms with Crippen molar-refractivity contribution in [2.24, 2.45) is 5.92 Å². The van der Waals surface area contributed by atoms with Gasteiger partial charge in [-0.05, 0) is 43.0 Å². The van der Waals surface area contributed by atoms with Gasteiger partial charge in [0.2, 0.25) is 15.9 Å². The Morgan fingerprint density at radius 2 is 1.84 bits per heavy atom. The van der Waals surface area contributed by atoms with Crippen molar-refractivity contribution >= 4 is 21.6 Å². The van der Waals surface area contributed by atoms with Gasteiger partial charge >= 0.3 is 0 Å². The number of amides is 1. The fraction of sp³-hybridized carbons (Fsp3) is 0.588. The topological polar surface area (TPSA) is 84.9 Å². The van der Waals surface area contributed by atoms with Crippen molar-refractivity contribution in [3.05, 3.63) is 24.3 Å². The van der Waals surface area contributed by atoms with Gasteiger partial charge in [0.1, 0.15) is 6.61 Å². The average Bonchev–Trinajstić information content (AvgIpc) is 2.60. The van der Waals surface area contributed by atoms with E-state index in [4.69, 9.17) is 9.47 Å². The number of methoxy groups -OCH3 is 1. The Kier molecular flexibility index (Phi) is 7.37. The van der Waals surface area contributed by atoms with Crippen molar-refractivity contribution in [1.82, 2.24) is 4.31 Å². The summed E-state index contributed by atoms with van der Waals surface area (Å²) in [7, 11) is -1.91. The summed E-state index contributed by atoms with van der Waals surface area (Å²) in [6.45, 7) is 3.95. The minimum atomic E-state index is -3.47. The number of hydrogen-bond acceptors (Lipinski definition) is 5. The highest BCUT2D eigenvalue weighted by Crippen LogP contribution is 2.24. The second-order valence-corrected chi connectivity index (χ2v) is 8.14. The molecule has 1 aliphatic heterocycles. The lowest BCUT2D eigenvalue weighted by Gasteiger charge is -2.29. The summed E-state index contributed by atoms with van der Waals surface area (Å²) in [5, 5.41) is 2.67. The third-order valence-electron chi connectivity index (χ3n) is 4.18. The summed E-state index contributed by atoms with van der Waals surface area (Å²) < 4.78 is 36.8. The number of piperidine rings is 1. The molecule has 0 spiro atoms. The molecule has 1 amide bonds. The minimum absolute atomic E-state index is 0.0740. The maximum absolute atomic E-state index is 12.6. The standard InChI is InChI=1S/C17H26N2O5S/c1-14-7-9-19(10-8-14)25(21,22)16-5-3-15(4-6-16)18-17(20)13-24-12-11-23-2/h3-6,14H,7-13H2,1-2H3,(H,18,20). The number of anilines is 1. The van der Waals surface area contributed by atoms with Gasteiger partial charge in [0.05, 0.1) is 18.1 Å². The van der Waals surface area contributed by atoms with E-state index in [0.29, 0.717) is 37.9 Å². The zero-order chi connectivity index (χ0) is 18.3. The molecule has 0 aromatic heterocycles. The molecular weight excluding hydrogens is 344 g/mol. The number of nitrogens with zero attached hydrogens (tertiary/aromatic N) is 1. The van der Waals surface area contributed by atoms with Gasteiger partial charge < -0.3 is 14.8 Å². The van der Waals surface area contributed by atoms with Gasteiger partial charge in [-0.25, -0.2) is 8.42 Å². The van der Waals surface area contributed by atoms with E-state index < -0.39 is 10.0 Å². The van der Waals surface area contributed by atoms with Crippen molar-refractivity contribution in [2.75, 3.05) is 45.3 Å². The van der Waals surface area contributed by atoms with Crippen LogP contribution in [-0.2, 0) is 24.3 Å². The van der Waals surface area contributed by atoms with Crippen LogP contribution in [-0.4, -0.2) is 58.7 Å². The van der Waals surface area contributed by atoms with Crippen molar-refractivity contribution in [1.29, 1.82) is 0 Å². The summed E-state index contributed by atoms with van der Waals surface area (Å²) in [6, 6.07) is 6.22. The molecule has 1 aromatic rings. The van der Waals surface area contributed by atoms with Gasteiger partial charge in [0.15, 0.2) is 0 Å². The van der Waals surface area contributed by atoms with E-state index >= 15 is 0 Å². The molecule has 0 bridgehead atoms. The van der Waals surface area contributed by atoms with Crippen LogP contribution in [0.1, 0.15) is 19.8 Å². The maximum atomic E-state index is 12.6. The number of sulfonamides is 1. The lowest BCUT2D eigenvalue weighted by atomic mass is 10.0. The van der Waals surface area contributed by atoms with Crippen LogP contribution in [0.2, 0.25) is 0 Å². The SMILES string of the molecule is COCCOCC(=O)Nc1ccc(S(=O)(=O)N2CCC(C)CC2)cc1. The molecule has 1 heterocycles. The summed E-state index contributed by atoms with van der Waals surface area (Å²) in [6.07, 6.45) is 1.77. The second-order valence-electron chi connectivity index (χ2n) is 6.20. The highest BCUT2D eigenvalue weighted by atomic mass is 32.2. The fourth-order valence-electron chi connectivity index (χ4n) is 2.59. The van der Waals surface area contributed by atoms with Gasteiger partial charge in [-0.2, -0.15) is 4.31 Å².